The molecule has 2 saturated carbocycles. The Bertz CT molecular complexity index is 1980. The van der Waals surface area contributed by atoms with Gasteiger partial charge in [-0.15, -0.1) is 6.58 Å². The van der Waals surface area contributed by atoms with E-state index in [1.807, 2.05) is 19.1 Å². The van der Waals surface area contributed by atoms with Crippen molar-refractivity contribution < 1.29 is 34.1 Å². The van der Waals surface area contributed by atoms with Crippen molar-refractivity contribution in [2.45, 2.75) is 115 Å². The van der Waals surface area contributed by atoms with E-state index in [9.17, 15) is 10.2 Å². The smallest absolute Gasteiger partial charge is 0.239 e. The van der Waals surface area contributed by atoms with E-state index in [1.54, 1.807) is 12.2 Å². The molecule has 3 aromatic carbocycles. The van der Waals surface area contributed by atoms with Crippen LogP contribution >= 0.6 is 0 Å². The first-order chi connectivity index (χ1) is 29.5. The molecule has 60 heavy (non-hydrogen) atoms. The van der Waals surface area contributed by atoms with E-state index in [0.29, 0.717) is 50.7 Å². The van der Waals surface area contributed by atoms with Gasteiger partial charge >= 0.3 is 0 Å². The molecule has 0 bridgehead atoms. The molecule has 0 aromatic heterocycles. The molecule has 0 radical (unpaired) electrons. The van der Waals surface area contributed by atoms with E-state index in [4.69, 9.17) is 24.2 Å². The van der Waals surface area contributed by atoms with Gasteiger partial charge in [0, 0.05) is 44.1 Å². The summed E-state index contributed by atoms with van der Waals surface area (Å²) in [6.45, 7) is 11.6. The number of carbonyl (C=O) groups excluding carboxylic acids is 1. The molecule has 1 heterocycles. The Morgan fingerprint density at radius 1 is 0.950 bits per heavy atom. The molecule has 2 fully saturated rings. The lowest BCUT2D eigenvalue weighted by molar-refractivity contribution is -0.258. The maximum Gasteiger partial charge on any atom is 0.239 e. The standard InChI is InChI=1S/C51H66N2O7/c1-4-30-57-40-25-26-46-44(33-40)49-42(23-12-14-29-55)38(19-11-13-28-54)32-43-45(52-59-6-3)34-47(51(60-46,50(43)49)58-31-5-2)53(48(56)27-24-36-16-7-8-17-36)35-39-21-15-20-37-18-9-10-22-41(37)39/h4-5,9-10,15,18,20-22,25-26,32-33,36,38,42,47,49-50,54-55H,1-2,6-8,11-14,16-17,19,23-24,27-31,34-35H2,3H3/t38-,42+,47-,49+,50+,51+/m0/s1. The molecule has 2 N–H and O–H groups in total. The first-order valence-electron chi connectivity index (χ1n) is 22.7. The topological polar surface area (TPSA) is 110 Å². The summed E-state index contributed by atoms with van der Waals surface area (Å²) in [5.41, 5.74) is 3.95. The van der Waals surface area contributed by atoms with Gasteiger partial charge in [0.2, 0.25) is 11.7 Å². The normalized spacial score (nSPS) is 25.2. The minimum Gasteiger partial charge on any atom is -0.490 e. The van der Waals surface area contributed by atoms with Crippen molar-refractivity contribution >= 4 is 22.4 Å². The number of aliphatic hydroxyl groups excluding tert-OH is 2. The van der Waals surface area contributed by atoms with E-state index in [-0.39, 0.29) is 49.4 Å². The van der Waals surface area contributed by atoms with Crippen LogP contribution in [0.2, 0.25) is 0 Å². The number of amides is 1. The minimum atomic E-state index is -1.31. The quantitative estimate of drug-likeness (QED) is 0.0590. The third-order valence-corrected chi connectivity index (χ3v) is 13.5. The molecule has 3 aromatic rings. The van der Waals surface area contributed by atoms with Gasteiger partial charge in [-0.3, -0.25) is 4.79 Å². The van der Waals surface area contributed by atoms with Gasteiger partial charge in [0.15, 0.2) is 0 Å². The van der Waals surface area contributed by atoms with Crippen LogP contribution in [-0.2, 0) is 20.9 Å². The lowest BCUT2D eigenvalue weighted by Crippen LogP contribution is -2.70. The Labute approximate surface area is 357 Å². The summed E-state index contributed by atoms with van der Waals surface area (Å²) in [6, 6.07) is 20.2. The van der Waals surface area contributed by atoms with Crippen LogP contribution < -0.4 is 9.47 Å². The van der Waals surface area contributed by atoms with Gasteiger partial charge in [-0.1, -0.05) is 111 Å². The second-order valence-corrected chi connectivity index (χ2v) is 17.1. The molecular formula is C51H66N2O7. The van der Waals surface area contributed by atoms with Crippen molar-refractivity contribution in [3.8, 4) is 11.5 Å². The second-order valence-electron chi connectivity index (χ2n) is 17.1. The number of fused-ring (bicyclic) bond motifs is 3. The highest BCUT2D eigenvalue weighted by Gasteiger charge is 2.65. The predicted octanol–water partition coefficient (Wildman–Crippen LogP) is 10.1. The van der Waals surface area contributed by atoms with Crippen molar-refractivity contribution in [1.82, 2.24) is 4.90 Å². The molecule has 0 spiro atoms. The van der Waals surface area contributed by atoms with E-state index < -0.39 is 11.8 Å². The van der Waals surface area contributed by atoms with Gasteiger partial charge in [-0.2, -0.15) is 0 Å². The number of rotatable bonds is 22. The van der Waals surface area contributed by atoms with Crippen LogP contribution in [-0.4, -0.2) is 71.6 Å². The number of benzene rings is 3. The molecule has 9 heteroatoms. The van der Waals surface area contributed by atoms with Crippen molar-refractivity contribution in [2.24, 2.45) is 28.8 Å². The number of unbranched alkanes of at least 4 members (excludes halogenated alkanes) is 2. The summed E-state index contributed by atoms with van der Waals surface area (Å²) in [4.78, 5) is 23.3. The van der Waals surface area contributed by atoms with E-state index in [0.717, 1.165) is 77.5 Å². The highest BCUT2D eigenvalue weighted by atomic mass is 16.7. The molecule has 1 amide bonds. The SMILES string of the molecule is C=CCOc1ccc2c(c1)[C@H]1[C@H](CCCCO)[C@@H](CCCCO)C=C3C(=NOCC)C[C@H](N(Cc4cccc5ccccc45)C(=O)CCC4CCCC4)[C@@](OCC=C)(O2)[C@H]31. The van der Waals surface area contributed by atoms with Crippen molar-refractivity contribution in [2.75, 3.05) is 33.0 Å². The van der Waals surface area contributed by atoms with Crippen LogP contribution in [0.4, 0.5) is 0 Å². The maximum atomic E-state index is 15.3. The molecular weight excluding hydrogens is 753 g/mol. The molecule has 4 aliphatic rings. The Morgan fingerprint density at radius 2 is 1.72 bits per heavy atom. The summed E-state index contributed by atoms with van der Waals surface area (Å²) in [5.74, 6) is 0.554. The van der Waals surface area contributed by atoms with Gasteiger partial charge in [0.1, 0.15) is 30.8 Å². The predicted molar refractivity (Wildman–Crippen MR) is 238 cm³/mol. The van der Waals surface area contributed by atoms with Crippen molar-refractivity contribution in [1.29, 1.82) is 0 Å². The maximum absolute atomic E-state index is 15.3. The number of ether oxygens (including phenoxy) is 3. The third kappa shape index (κ3) is 9.39. The number of hydrogen-bond donors (Lipinski definition) is 2. The largest absolute Gasteiger partial charge is 0.490 e. The fourth-order valence-corrected chi connectivity index (χ4v) is 10.8. The third-order valence-electron chi connectivity index (χ3n) is 13.5. The zero-order valence-corrected chi connectivity index (χ0v) is 35.6. The summed E-state index contributed by atoms with van der Waals surface area (Å²) in [7, 11) is 0. The Hall–Kier alpha value is -4.44. The van der Waals surface area contributed by atoms with Gasteiger partial charge in [-0.05, 0) is 96.9 Å². The lowest BCUT2D eigenvalue weighted by Gasteiger charge is -2.60. The van der Waals surface area contributed by atoms with Gasteiger partial charge in [0.05, 0.1) is 18.2 Å². The van der Waals surface area contributed by atoms with Gasteiger partial charge in [-0.25, -0.2) is 0 Å². The summed E-state index contributed by atoms with van der Waals surface area (Å²) < 4.78 is 20.9. The molecule has 3 aliphatic carbocycles. The van der Waals surface area contributed by atoms with Crippen LogP contribution in [0.5, 0.6) is 11.5 Å². The summed E-state index contributed by atoms with van der Waals surface area (Å²) in [5, 5.41) is 27.0. The second kappa shape index (κ2) is 20.9. The Morgan fingerprint density at radius 3 is 2.48 bits per heavy atom. The molecule has 0 unspecified atom stereocenters. The number of hydrogen-bond acceptors (Lipinski definition) is 8. The summed E-state index contributed by atoms with van der Waals surface area (Å²) >= 11 is 0. The van der Waals surface area contributed by atoms with Crippen LogP contribution in [0.3, 0.4) is 0 Å². The Balaban J connectivity index is 1.45. The Kier molecular flexibility index (Phi) is 15.2. The average molecular weight is 819 g/mol. The lowest BCUT2D eigenvalue weighted by atomic mass is 9.55. The van der Waals surface area contributed by atoms with Crippen molar-refractivity contribution in [3.05, 3.63) is 109 Å². The van der Waals surface area contributed by atoms with Gasteiger partial charge in [0.25, 0.3) is 0 Å². The molecule has 322 valence electrons. The molecule has 7 rings (SSSR count). The van der Waals surface area contributed by atoms with Crippen molar-refractivity contribution in [3.63, 3.8) is 0 Å². The zero-order chi connectivity index (χ0) is 41.9. The van der Waals surface area contributed by atoms with Gasteiger partial charge < -0.3 is 34.2 Å². The number of carbonyl (C=O) groups is 1. The van der Waals surface area contributed by atoms with Crippen LogP contribution in [0.25, 0.3) is 10.8 Å². The number of allylic oxidation sites excluding steroid dienone is 1. The first-order valence-corrected chi connectivity index (χ1v) is 22.7. The monoisotopic (exact) mass is 818 g/mol. The van der Waals surface area contributed by atoms with Crippen LogP contribution in [0.1, 0.15) is 107 Å². The number of nitrogens with zero attached hydrogens (tertiary/aromatic N) is 2. The molecule has 0 saturated heterocycles. The van der Waals surface area contributed by atoms with E-state index in [2.05, 4.69) is 72.7 Å². The summed E-state index contributed by atoms with van der Waals surface area (Å²) in [6.07, 6.45) is 17.3. The first kappa shape index (κ1) is 43.6. The highest BCUT2D eigenvalue weighted by molar-refractivity contribution is 6.03. The molecule has 9 nitrogen and oxygen atoms in total. The van der Waals surface area contributed by atoms with Crippen LogP contribution in [0.15, 0.2) is 103 Å². The number of aliphatic hydroxyl groups is 2. The zero-order valence-electron chi connectivity index (χ0n) is 35.6. The fraction of sp³-hybridized carbons (Fsp3) is 0.529. The van der Waals surface area contributed by atoms with E-state index >= 15 is 4.79 Å². The minimum absolute atomic E-state index is 0.0842. The average Bonchev–Trinajstić information content (AvgIpc) is 3.80. The van der Waals surface area contributed by atoms with Crippen LogP contribution in [0, 0.1) is 23.7 Å². The van der Waals surface area contributed by atoms with E-state index in [1.165, 1.54) is 25.7 Å². The highest BCUT2D eigenvalue weighted by Crippen LogP contribution is 2.62. The fourth-order valence-electron chi connectivity index (χ4n) is 10.8. The molecule has 1 aliphatic heterocycles. The molecule has 6 atom stereocenters. The number of oxime groups is 1.